The quantitative estimate of drug-likeness (QED) is 0.167. The van der Waals surface area contributed by atoms with E-state index in [1.54, 1.807) is 0 Å². The van der Waals surface area contributed by atoms with Gasteiger partial charge in [0, 0.05) is 38.7 Å². The maximum absolute atomic E-state index is 6.22. The number of furan rings is 1. The number of hydrogen-bond acceptors (Lipinski definition) is 2. The van der Waals surface area contributed by atoms with Crippen LogP contribution in [0.2, 0.25) is 0 Å². The van der Waals surface area contributed by atoms with Crippen LogP contribution >= 0.6 is 0 Å². The van der Waals surface area contributed by atoms with Crippen LogP contribution < -0.4 is 4.90 Å². The first-order valence-corrected chi connectivity index (χ1v) is 21.7. The highest BCUT2D eigenvalue weighted by atomic mass is 16.3. The zero-order chi connectivity index (χ0) is 41.7. The van der Waals surface area contributed by atoms with Crippen molar-refractivity contribution in [1.82, 2.24) is 0 Å². The van der Waals surface area contributed by atoms with Crippen molar-refractivity contribution in [3.63, 3.8) is 0 Å². The molecule has 2 aliphatic carbocycles. The first kappa shape index (κ1) is 36.4. The lowest BCUT2D eigenvalue weighted by atomic mass is 9.81. The van der Waals surface area contributed by atoms with Crippen LogP contribution in [0.1, 0.15) is 49.9 Å². The Hall–Kier alpha value is -7.42. The van der Waals surface area contributed by atoms with Gasteiger partial charge in [-0.25, -0.2) is 0 Å². The van der Waals surface area contributed by atoms with E-state index < -0.39 is 0 Å². The Morgan fingerprint density at radius 2 is 0.726 bits per heavy atom. The molecule has 1 aromatic heterocycles. The van der Waals surface area contributed by atoms with E-state index in [1.807, 2.05) is 12.1 Å². The molecule has 0 atom stereocenters. The topological polar surface area (TPSA) is 16.4 Å². The van der Waals surface area contributed by atoms with E-state index >= 15 is 0 Å². The van der Waals surface area contributed by atoms with E-state index in [1.165, 1.54) is 66.8 Å². The van der Waals surface area contributed by atoms with Gasteiger partial charge in [-0.1, -0.05) is 161 Å². The molecule has 12 rings (SSSR count). The molecular weight excluding hydrogens is 751 g/mol. The minimum Gasteiger partial charge on any atom is -0.456 e. The number of hydrogen-bond donors (Lipinski definition) is 0. The number of benzene rings is 9. The Morgan fingerprint density at radius 1 is 0.306 bits per heavy atom. The molecule has 0 bridgehead atoms. The van der Waals surface area contributed by atoms with Crippen molar-refractivity contribution in [2.24, 2.45) is 0 Å². The highest BCUT2D eigenvalue weighted by Gasteiger charge is 2.38. The Labute approximate surface area is 363 Å². The third kappa shape index (κ3) is 5.56. The fourth-order valence-electron chi connectivity index (χ4n) is 10.5. The maximum Gasteiger partial charge on any atom is 0.135 e. The second kappa shape index (κ2) is 13.5. The summed E-state index contributed by atoms with van der Waals surface area (Å²) in [6, 6.07) is 73.7. The van der Waals surface area contributed by atoms with Gasteiger partial charge >= 0.3 is 0 Å². The van der Waals surface area contributed by atoms with Crippen LogP contribution in [0.15, 0.2) is 205 Å². The third-order valence-electron chi connectivity index (χ3n) is 13.9. The fraction of sp³-hybridized carbons (Fsp3) is 0.100. The van der Waals surface area contributed by atoms with E-state index in [0.29, 0.717) is 0 Å². The van der Waals surface area contributed by atoms with Gasteiger partial charge in [0.15, 0.2) is 0 Å². The molecule has 62 heavy (non-hydrogen) atoms. The van der Waals surface area contributed by atoms with Crippen molar-refractivity contribution in [3.05, 3.63) is 222 Å². The molecule has 2 heteroatoms. The average Bonchev–Trinajstić information content (AvgIpc) is 3.88. The summed E-state index contributed by atoms with van der Waals surface area (Å²) in [6.45, 7) is 9.54. The molecule has 296 valence electrons. The molecule has 10 aromatic rings. The second-order valence-corrected chi connectivity index (χ2v) is 18.2. The number of fused-ring (bicyclic) bond motifs is 9. The van der Waals surface area contributed by atoms with Gasteiger partial charge in [0.25, 0.3) is 0 Å². The molecule has 2 aliphatic rings. The first-order chi connectivity index (χ1) is 30.2. The molecule has 0 saturated heterocycles. The molecule has 0 amide bonds. The molecule has 1 heterocycles. The van der Waals surface area contributed by atoms with Gasteiger partial charge in [-0.3, -0.25) is 0 Å². The summed E-state index contributed by atoms with van der Waals surface area (Å²) in [5.41, 5.74) is 22.8. The van der Waals surface area contributed by atoms with Crippen LogP contribution in [0.3, 0.4) is 0 Å². The molecule has 0 spiro atoms. The lowest BCUT2D eigenvalue weighted by Crippen LogP contribution is -2.18. The van der Waals surface area contributed by atoms with Crippen molar-refractivity contribution in [3.8, 4) is 55.6 Å². The lowest BCUT2D eigenvalue weighted by molar-refractivity contribution is 0.660. The largest absolute Gasteiger partial charge is 0.456 e. The predicted molar refractivity (Wildman–Crippen MR) is 260 cm³/mol. The van der Waals surface area contributed by atoms with E-state index in [2.05, 4.69) is 221 Å². The zero-order valence-corrected chi connectivity index (χ0v) is 35.4. The standard InChI is InChI=1S/C60H45NO/c1-59(2)53-34-42(38-14-7-5-8-15-38)22-27-47(53)49-29-25-45(36-55(49)59)61(44-19-13-18-40(32-44)41-24-31-58-52(33-41)51-20-11-12-21-57(51)62-58)46-26-30-50-48-28-23-43(39-16-9-6-10-17-39)35-54(48)60(3,4)56(50)37-46/h5-37H,1-4H3. The highest BCUT2D eigenvalue weighted by Crippen LogP contribution is 2.54. The summed E-state index contributed by atoms with van der Waals surface area (Å²) in [5, 5.41) is 2.27. The third-order valence-corrected chi connectivity index (χ3v) is 13.9. The van der Waals surface area contributed by atoms with Gasteiger partial charge < -0.3 is 9.32 Å². The predicted octanol–water partition coefficient (Wildman–Crippen LogP) is 16.7. The van der Waals surface area contributed by atoms with E-state index in [9.17, 15) is 0 Å². The fourth-order valence-corrected chi connectivity index (χ4v) is 10.5. The zero-order valence-electron chi connectivity index (χ0n) is 35.4. The molecule has 0 radical (unpaired) electrons. The van der Waals surface area contributed by atoms with Crippen LogP contribution in [0, 0.1) is 0 Å². The van der Waals surface area contributed by atoms with Gasteiger partial charge in [0.2, 0.25) is 0 Å². The Bertz CT molecular complexity index is 3250. The number of para-hydroxylation sites is 1. The SMILES string of the molecule is CC1(C)c2cc(-c3ccccc3)ccc2-c2ccc(N(c3cccc(-c4ccc5oc6ccccc6c5c4)c3)c3ccc4c(c3)C(C)(C)c3cc(-c5ccccc5)ccc3-4)cc21. The Balaban J connectivity index is 1.00. The average molecular weight is 796 g/mol. The van der Waals surface area contributed by atoms with Crippen molar-refractivity contribution in [1.29, 1.82) is 0 Å². The van der Waals surface area contributed by atoms with Gasteiger partial charge in [0.1, 0.15) is 11.2 Å². The van der Waals surface area contributed by atoms with Gasteiger partial charge in [-0.15, -0.1) is 0 Å². The van der Waals surface area contributed by atoms with Crippen molar-refractivity contribution < 1.29 is 4.42 Å². The van der Waals surface area contributed by atoms with Crippen LogP contribution in [0.5, 0.6) is 0 Å². The monoisotopic (exact) mass is 795 g/mol. The van der Waals surface area contributed by atoms with Crippen LogP contribution in [0.25, 0.3) is 77.6 Å². The highest BCUT2D eigenvalue weighted by molar-refractivity contribution is 6.06. The number of rotatable bonds is 6. The Morgan fingerprint density at radius 3 is 1.31 bits per heavy atom. The number of anilines is 3. The van der Waals surface area contributed by atoms with Crippen LogP contribution in [0.4, 0.5) is 17.1 Å². The second-order valence-electron chi connectivity index (χ2n) is 18.2. The Kier molecular flexibility index (Phi) is 7.96. The minimum absolute atomic E-state index is 0.195. The molecule has 0 fully saturated rings. The summed E-state index contributed by atoms with van der Waals surface area (Å²) < 4.78 is 6.22. The minimum atomic E-state index is -0.195. The smallest absolute Gasteiger partial charge is 0.135 e. The summed E-state index contributed by atoms with van der Waals surface area (Å²) >= 11 is 0. The summed E-state index contributed by atoms with van der Waals surface area (Å²) in [7, 11) is 0. The van der Waals surface area contributed by atoms with Crippen LogP contribution in [-0.4, -0.2) is 0 Å². The van der Waals surface area contributed by atoms with Gasteiger partial charge in [-0.05, 0) is 145 Å². The van der Waals surface area contributed by atoms with Crippen molar-refractivity contribution >= 4 is 39.0 Å². The molecule has 0 aliphatic heterocycles. The van der Waals surface area contributed by atoms with Crippen molar-refractivity contribution in [2.45, 2.75) is 38.5 Å². The van der Waals surface area contributed by atoms with E-state index in [4.69, 9.17) is 4.42 Å². The summed E-state index contributed by atoms with van der Waals surface area (Å²) in [6.07, 6.45) is 0. The van der Waals surface area contributed by atoms with Gasteiger partial charge in [0.05, 0.1) is 0 Å². The van der Waals surface area contributed by atoms with Crippen LogP contribution in [-0.2, 0) is 10.8 Å². The summed E-state index contributed by atoms with van der Waals surface area (Å²) in [5.74, 6) is 0. The van der Waals surface area contributed by atoms with E-state index in [0.717, 1.165) is 50.1 Å². The lowest BCUT2D eigenvalue weighted by Gasteiger charge is -2.30. The number of nitrogens with zero attached hydrogens (tertiary/aromatic N) is 1. The molecule has 9 aromatic carbocycles. The molecular formula is C60H45NO. The molecule has 2 nitrogen and oxygen atoms in total. The summed E-state index contributed by atoms with van der Waals surface area (Å²) in [4.78, 5) is 2.47. The first-order valence-electron chi connectivity index (χ1n) is 21.7. The van der Waals surface area contributed by atoms with Gasteiger partial charge in [-0.2, -0.15) is 0 Å². The van der Waals surface area contributed by atoms with Crippen molar-refractivity contribution in [2.75, 3.05) is 4.90 Å². The maximum atomic E-state index is 6.22. The van der Waals surface area contributed by atoms with E-state index in [-0.39, 0.29) is 10.8 Å². The molecule has 0 unspecified atom stereocenters. The normalized spacial score (nSPS) is 14.1. The molecule has 0 saturated carbocycles. The molecule has 0 N–H and O–H groups in total.